The van der Waals surface area contributed by atoms with Crippen molar-refractivity contribution in [1.82, 2.24) is 10.4 Å². The van der Waals surface area contributed by atoms with Crippen molar-refractivity contribution in [3.05, 3.63) is 54.1 Å². The first kappa shape index (κ1) is 20.1. The average Bonchev–Trinajstić information content (AvgIpc) is 2.70. The van der Waals surface area contributed by atoms with Gasteiger partial charge in [0.25, 0.3) is 15.9 Å². The third-order valence-electron chi connectivity index (χ3n) is 4.63. The number of carbonyl (C=O) groups is 1. The molecule has 2 aromatic rings. The Hall–Kier alpha value is -2.62. The van der Waals surface area contributed by atoms with Gasteiger partial charge in [0.05, 0.1) is 45.2 Å². The minimum absolute atomic E-state index is 0.0267. The molecule has 0 unspecified atom stereocenters. The molecule has 1 aliphatic heterocycles. The number of anilines is 1. The third kappa shape index (κ3) is 5.00. The normalized spacial score (nSPS) is 15.8. The second-order valence-electron chi connectivity index (χ2n) is 6.75. The number of carbonyl (C=O) groups excluding carboxylic acids is 1. The maximum Gasteiger partial charge on any atom is 0.265 e. The van der Waals surface area contributed by atoms with E-state index in [-0.39, 0.29) is 10.8 Å². The summed E-state index contributed by atoms with van der Waals surface area (Å²) in [6, 6.07) is 12.6. The van der Waals surface area contributed by atoms with Crippen LogP contribution in [0.5, 0.6) is 5.75 Å². The Kier molecular flexibility index (Phi) is 6.18. The van der Waals surface area contributed by atoms with Gasteiger partial charge in [-0.3, -0.25) is 14.9 Å². The predicted molar refractivity (Wildman–Crippen MR) is 106 cm³/mol. The van der Waals surface area contributed by atoms with Gasteiger partial charge in [-0.15, -0.1) is 0 Å². The molecule has 1 amide bonds. The van der Waals surface area contributed by atoms with Gasteiger partial charge in [-0.2, -0.15) is 0 Å². The number of nitrogens with zero attached hydrogens (tertiary/aromatic N) is 1. The second kappa shape index (κ2) is 8.59. The molecule has 2 aromatic carbocycles. The first-order valence-electron chi connectivity index (χ1n) is 9.01. The van der Waals surface area contributed by atoms with Gasteiger partial charge in [0, 0.05) is 11.3 Å². The number of likely N-dealkylation sites (N-methyl/N-ethyl adjacent to an activating group) is 1. The lowest BCUT2D eigenvalue weighted by Gasteiger charge is -2.30. The van der Waals surface area contributed by atoms with Gasteiger partial charge in [0.2, 0.25) is 0 Å². The van der Waals surface area contributed by atoms with Crippen LogP contribution in [0.15, 0.2) is 53.4 Å². The highest BCUT2D eigenvalue weighted by molar-refractivity contribution is 7.92. The van der Waals surface area contributed by atoms with Crippen LogP contribution in [-0.2, 0) is 10.0 Å². The topological polar surface area (TPSA) is 92.2 Å². The first-order valence-corrected chi connectivity index (χ1v) is 10.5. The minimum Gasteiger partial charge on any atom is -0.497 e. The highest BCUT2D eigenvalue weighted by Gasteiger charge is 2.20. The summed E-state index contributed by atoms with van der Waals surface area (Å²) in [5, 5.41) is 1.87. The molecule has 28 heavy (non-hydrogen) atoms. The van der Waals surface area contributed by atoms with Crippen molar-refractivity contribution >= 4 is 21.6 Å². The van der Waals surface area contributed by atoms with Gasteiger partial charge in [-0.05, 0) is 42.5 Å². The molecular weight excluding hydrogens is 380 g/mol. The van der Waals surface area contributed by atoms with Crippen LogP contribution >= 0.6 is 0 Å². The molecule has 1 aliphatic rings. The number of hydrogen-bond acceptors (Lipinski definition) is 5. The van der Waals surface area contributed by atoms with Crippen LogP contribution in [0.1, 0.15) is 10.4 Å². The number of hydrogen-bond donors (Lipinski definition) is 3. The number of nitrogens with one attached hydrogen (secondary N) is 3. The number of piperazine rings is 1. The number of quaternary nitrogens is 1. The average molecular weight is 406 g/mol. The van der Waals surface area contributed by atoms with Crippen LogP contribution in [0.2, 0.25) is 0 Å². The second-order valence-corrected chi connectivity index (χ2v) is 8.43. The molecule has 150 valence electrons. The quantitative estimate of drug-likeness (QED) is 0.628. The van der Waals surface area contributed by atoms with Gasteiger partial charge >= 0.3 is 0 Å². The summed E-state index contributed by atoms with van der Waals surface area (Å²) in [6.07, 6.45) is 0. The molecule has 3 rings (SSSR count). The number of sulfonamides is 1. The van der Waals surface area contributed by atoms with E-state index in [9.17, 15) is 13.2 Å². The fourth-order valence-corrected chi connectivity index (χ4v) is 3.99. The van der Waals surface area contributed by atoms with E-state index in [4.69, 9.17) is 4.74 Å². The number of benzene rings is 2. The Morgan fingerprint density at radius 1 is 1.11 bits per heavy atom. The predicted octanol–water partition coefficient (Wildman–Crippen LogP) is -0.0289. The lowest BCUT2D eigenvalue weighted by molar-refractivity contribution is -0.884. The molecule has 9 heteroatoms. The molecule has 1 saturated heterocycles. The van der Waals surface area contributed by atoms with Crippen LogP contribution < -0.4 is 19.8 Å². The Morgan fingerprint density at radius 3 is 2.43 bits per heavy atom. The van der Waals surface area contributed by atoms with Gasteiger partial charge < -0.3 is 9.64 Å². The summed E-state index contributed by atoms with van der Waals surface area (Å²) in [4.78, 5) is 14.0. The fraction of sp³-hybridized carbons (Fsp3) is 0.316. The summed E-state index contributed by atoms with van der Waals surface area (Å²) in [7, 11) is -0.162. The molecule has 0 bridgehead atoms. The summed E-state index contributed by atoms with van der Waals surface area (Å²) >= 11 is 0. The van der Waals surface area contributed by atoms with Crippen molar-refractivity contribution in [1.29, 1.82) is 0 Å². The third-order valence-corrected chi connectivity index (χ3v) is 6.00. The fourth-order valence-electron chi connectivity index (χ4n) is 2.89. The van der Waals surface area contributed by atoms with Gasteiger partial charge in [0.1, 0.15) is 5.75 Å². The standard InChI is InChI=1S/C19H24N4O4S/c1-22-10-12-23(13-11-22)20-19(24)15-4-3-5-18(14-15)28(25,26)21-16-6-8-17(27-2)9-7-16/h3-9,14,21H,10-13H2,1-2H3,(H,20,24)/p+1. The number of rotatable bonds is 6. The number of hydrazine groups is 1. The maximum atomic E-state index is 12.7. The molecule has 0 radical (unpaired) electrons. The van der Waals surface area contributed by atoms with Crippen molar-refractivity contribution in [2.75, 3.05) is 45.1 Å². The zero-order valence-electron chi connectivity index (χ0n) is 15.9. The molecule has 1 heterocycles. The molecular formula is C19H25N4O4S+. The zero-order chi connectivity index (χ0) is 20.1. The summed E-state index contributed by atoms with van der Waals surface area (Å²) in [5.41, 5.74) is 3.56. The van der Waals surface area contributed by atoms with Crippen LogP contribution in [0.4, 0.5) is 5.69 Å². The highest BCUT2D eigenvalue weighted by atomic mass is 32.2. The molecule has 0 spiro atoms. The SMILES string of the molecule is COc1ccc(NS(=O)(=O)c2cccc(C(=O)NN3CC[NH+](C)CC3)c2)cc1. The maximum absolute atomic E-state index is 12.7. The monoisotopic (exact) mass is 405 g/mol. The van der Waals surface area contributed by atoms with Crippen LogP contribution in [0.3, 0.4) is 0 Å². The minimum atomic E-state index is -3.82. The van der Waals surface area contributed by atoms with Gasteiger partial charge in [0.15, 0.2) is 0 Å². The molecule has 1 fully saturated rings. The lowest BCUT2D eigenvalue weighted by Crippen LogP contribution is -3.12. The van der Waals surface area contributed by atoms with Crippen LogP contribution in [0.25, 0.3) is 0 Å². The summed E-state index contributed by atoms with van der Waals surface area (Å²) in [5.74, 6) is 0.313. The van der Waals surface area contributed by atoms with E-state index in [0.717, 1.165) is 26.2 Å². The van der Waals surface area contributed by atoms with Crippen molar-refractivity contribution in [3.63, 3.8) is 0 Å². The number of amides is 1. The molecule has 8 nitrogen and oxygen atoms in total. The van der Waals surface area contributed by atoms with E-state index in [1.54, 1.807) is 43.5 Å². The summed E-state index contributed by atoms with van der Waals surface area (Å²) in [6.45, 7) is 3.41. The van der Waals surface area contributed by atoms with E-state index < -0.39 is 10.0 Å². The Labute approximate surface area is 165 Å². The van der Waals surface area contributed by atoms with E-state index in [2.05, 4.69) is 17.2 Å². The molecule has 0 aromatic heterocycles. The van der Waals surface area contributed by atoms with E-state index in [1.807, 2.05) is 5.01 Å². The Morgan fingerprint density at radius 2 is 1.79 bits per heavy atom. The van der Waals surface area contributed by atoms with Crippen molar-refractivity contribution in [2.45, 2.75) is 4.90 Å². The van der Waals surface area contributed by atoms with Crippen molar-refractivity contribution in [3.8, 4) is 5.75 Å². The molecule has 0 saturated carbocycles. The number of ether oxygens (including phenoxy) is 1. The van der Waals surface area contributed by atoms with Gasteiger partial charge in [-0.1, -0.05) is 6.07 Å². The number of methoxy groups -OCH3 is 1. The lowest BCUT2D eigenvalue weighted by atomic mass is 10.2. The van der Waals surface area contributed by atoms with Crippen molar-refractivity contribution in [2.24, 2.45) is 0 Å². The molecule has 3 N–H and O–H groups in total. The largest absolute Gasteiger partial charge is 0.497 e. The van der Waals surface area contributed by atoms with Crippen LogP contribution in [-0.4, -0.2) is 59.7 Å². The Bertz CT molecular complexity index is 923. The zero-order valence-corrected chi connectivity index (χ0v) is 16.8. The first-order chi connectivity index (χ1) is 13.4. The smallest absolute Gasteiger partial charge is 0.265 e. The van der Waals surface area contributed by atoms with E-state index in [1.165, 1.54) is 17.0 Å². The van der Waals surface area contributed by atoms with Crippen molar-refractivity contribution < 1.29 is 22.8 Å². The highest BCUT2D eigenvalue weighted by Crippen LogP contribution is 2.20. The van der Waals surface area contributed by atoms with Crippen LogP contribution in [0, 0.1) is 0 Å². The summed E-state index contributed by atoms with van der Waals surface area (Å²) < 4.78 is 32.9. The molecule has 0 atom stereocenters. The Balaban J connectivity index is 1.71. The van der Waals surface area contributed by atoms with E-state index >= 15 is 0 Å². The molecule has 0 aliphatic carbocycles. The van der Waals surface area contributed by atoms with E-state index in [0.29, 0.717) is 17.0 Å². The van der Waals surface area contributed by atoms with Gasteiger partial charge in [-0.25, -0.2) is 13.4 Å².